The molecule has 0 radical (unpaired) electrons. The summed E-state index contributed by atoms with van der Waals surface area (Å²) in [5.74, 6) is 0. The molecule has 50 heavy (non-hydrogen) atoms. The van der Waals surface area contributed by atoms with Crippen LogP contribution in [0, 0.1) is 0 Å². The van der Waals surface area contributed by atoms with Crippen LogP contribution >= 0.6 is 11.3 Å². The van der Waals surface area contributed by atoms with E-state index in [1.165, 1.54) is 42.1 Å². The van der Waals surface area contributed by atoms with Crippen molar-refractivity contribution in [2.45, 2.75) is 0 Å². The molecule has 0 fully saturated rings. The Morgan fingerprint density at radius 1 is 0.400 bits per heavy atom. The second-order valence-corrected chi connectivity index (χ2v) is 13.9. The number of anilines is 3. The molecular weight excluding hydrogens is 631 g/mol. The lowest BCUT2D eigenvalue weighted by molar-refractivity contribution is 0.669. The number of benzene rings is 8. The van der Waals surface area contributed by atoms with Crippen molar-refractivity contribution in [1.82, 2.24) is 0 Å². The largest absolute Gasteiger partial charge is 0.456 e. The van der Waals surface area contributed by atoms with E-state index in [-0.39, 0.29) is 0 Å². The zero-order valence-electron chi connectivity index (χ0n) is 26.8. The zero-order valence-corrected chi connectivity index (χ0v) is 27.6. The fourth-order valence-corrected chi connectivity index (χ4v) is 9.01. The first-order chi connectivity index (χ1) is 24.8. The molecule has 11 rings (SSSR count). The monoisotopic (exact) mass is 657 g/mol. The SMILES string of the molecule is c1cc(-c2ccc(N(c3ccc4c(c3)oc3ccccc34)c3ccc4c(c3)oc3ccccc34)cc2)c2c(c1)ccc1c3ccccc3sc12. The molecule has 0 aliphatic carbocycles. The van der Waals surface area contributed by atoms with Crippen LogP contribution < -0.4 is 4.90 Å². The molecule has 3 nitrogen and oxygen atoms in total. The first-order valence-electron chi connectivity index (χ1n) is 16.8. The minimum Gasteiger partial charge on any atom is -0.456 e. The molecule has 4 heteroatoms. The predicted molar refractivity (Wildman–Crippen MR) is 212 cm³/mol. The van der Waals surface area contributed by atoms with Crippen molar-refractivity contribution in [1.29, 1.82) is 0 Å². The third-order valence-corrected chi connectivity index (χ3v) is 11.3. The van der Waals surface area contributed by atoms with Gasteiger partial charge in [-0.3, -0.25) is 0 Å². The van der Waals surface area contributed by atoms with Gasteiger partial charge in [0.1, 0.15) is 22.3 Å². The molecule has 234 valence electrons. The van der Waals surface area contributed by atoms with Crippen LogP contribution in [0.4, 0.5) is 17.1 Å². The average Bonchev–Trinajstić information content (AvgIpc) is 3.86. The summed E-state index contributed by atoms with van der Waals surface area (Å²) in [6.07, 6.45) is 0. The van der Waals surface area contributed by atoms with Gasteiger partial charge < -0.3 is 13.7 Å². The van der Waals surface area contributed by atoms with Crippen LogP contribution in [0.15, 0.2) is 173 Å². The van der Waals surface area contributed by atoms with Crippen molar-refractivity contribution < 1.29 is 8.83 Å². The summed E-state index contributed by atoms with van der Waals surface area (Å²) in [6, 6.07) is 58.3. The molecule has 0 bridgehead atoms. The second-order valence-electron chi connectivity index (χ2n) is 12.9. The quantitative estimate of drug-likeness (QED) is 0.189. The summed E-state index contributed by atoms with van der Waals surface area (Å²) >= 11 is 1.88. The first-order valence-corrected chi connectivity index (χ1v) is 17.6. The van der Waals surface area contributed by atoms with E-state index in [9.17, 15) is 0 Å². The van der Waals surface area contributed by atoms with Gasteiger partial charge in [0.2, 0.25) is 0 Å². The molecule has 0 saturated heterocycles. The Labute approximate surface area is 290 Å². The Morgan fingerprint density at radius 2 is 0.960 bits per heavy atom. The molecule has 0 saturated carbocycles. The van der Waals surface area contributed by atoms with E-state index in [0.717, 1.165) is 60.9 Å². The van der Waals surface area contributed by atoms with Crippen LogP contribution in [0.5, 0.6) is 0 Å². The van der Waals surface area contributed by atoms with Gasteiger partial charge in [-0.15, -0.1) is 11.3 Å². The van der Waals surface area contributed by atoms with E-state index in [1.54, 1.807) is 0 Å². The van der Waals surface area contributed by atoms with Gasteiger partial charge in [0.15, 0.2) is 0 Å². The van der Waals surface area contributed by atoms with Crippen LogP contribution in [0.3, 0.4) is 0 Å². The third kappa shape index (κ3) is 4.09. The van der Waals surface area contributed by atoms with Crippen molar-refractivity contribution in [3.8, 4) is 11.1 Å². The summed E-state index contributed by atoms with van der Waals surface area (Å²) in [4.78, 5) is 2.29. The third-order valence-electron chi connectivity index (χ3n) is 10.1. The van der Waals surface area contributed by atoms with E-state index in [4.69, 9.17) is 8.83 Å². The van der Waals surface area contributed by atoms with Gasteiger partial charge in [-0.1, -0.05) is 97.1 Å². The fourth-order valence-electron chi connectivity index (χ4n) is 7.74. The first kappa shape index (κ1) is 27.6. The lowest BCUT2D eigenvalue weighted by Crippen LogP contribution is -2.09. The van der Waals surface area contributed by atoms with Gasteiger partial charge in [-0.25, -0.2) is 0 Å². The van der Waals surface area contributed by atoms with E-state index in [0.29, 0.717) is 0 Å². The molecule has 3 heterocycles. The topological polar surface area (TPSA) is 29.5 Å². The van der Waals surface area contributed by atoms with Crippen molar-refractivity contribution in [2.75, 3.05) is 4.90 Å². The summed E-state index contributed by atoms with van der Waals surface area (Å²) < 4.78 is 15.4. The molecule has 0 spiro atoms. The highest BCUT2D eigenvalue weighted by Gasteiger charge is 2.19. The van der Waals surface area contributed by atoms with Crippen LogP contribution in [-0.4, -0.2) is 0 Å². The fraction of sp³-hybridized carbons (Fsp3) is 0. The highest BCUT2D eigenvalue weighted by atomic mass is 32.1. The number of fused-ring (bicyclic) bond motifs is 11. The summed E-state index contributed by atoms with van der Waals surface area (Å²) in [5.41, 5.74) is 9.00. The number of nitrogens with zero attached hydrogens (tertiary/aromatic N) is 1. The molecule has 0 N–H and O–H groups in total. The Balaban J connectivity index is 1.09. The molecule has 8 aromatic carbocycles. The van der Waals surface area contributed by atoms with Crippen molar-refractivity contribution in [3.05, 3.63) is 164 Å². The predicted octanol–water partition coefficient (Wildman–Crippen LogP) is 14.1. The van der Waals surface area contributed by atoms with Crippen molar-refractivity contribution >= 4 is 103 Å². The van der Waals surface area contributed by atoms with Gasteiger partial charge in [0.25, 0.3) is 0 Å². The Hall–Kier alpha value is -6.36. The van der Waals surface area contributed by atoms with Crippen molar-refractivity contribution in [2.24, 2.45) is 0 Å². The van der Waals surface area contributed by atoms with Crippen LogP contribution in [0.1, 0.15) is 0 Å². The van der Waals surface area contributed by atoms with Crippen LogP contribution in [0.25, 0.3) is 85.9 Å². The molecule has 0 unspecified atom stereocenters. The maximum atomic E-state index is 6.36. The Kier molecular flexibility index (Phi) is 5.83. The minimum atomic E-state index is 0.859. The van der Waals surface area contributed by atoms with E-state index in [2.05, 4.69) is 144 Å². The molecule has 0 amide bonds. The van der Waals surface area contributed by atoms with Crippen molar-refractivity contribution in [3.63, 3.8) is 0 Å². The summed E-state index contributed by atoms with van der Waals surface area (Å²) in [6.45, 7) is 0. The van der Waals surface area contributed by atoms with Gasteiger partial charge >= 0.3 is 0 Å². The second kappa shape index (κ2) is 10.6. The summed E-state index contributed by atoms with van der Waals surface area (Å²) in [5, 5.41) is 9.65. The smallest absolute Gasteiger partial charge is 0.137 e. The Morgan fingerprint density at radius 3 is 1.64 bits per heavy atom. The van der Waals surface area contributed by atoms with Gasteiger partial charge in [-0.2, -0.15) is 0 Å². The van der Waals surface area contributed by atoms with Gasteiger partial charge in [-0.05, 0) is 71.1 Å². The number of hydrogen-bond donors (Lipinski definition) is 0. The maximum absolute atomic E-state index is 6.36. The minimum absolute atomic E-state index is 0.859. The maximum Gasteiger partial charge on any atom is 0.137 e. The van der Waals surface area contributed by atoms with Gasteiger partial charge in [0, 0.05) is 76.3 Å². The zero-order chi connectivity index (χ0) is 32.8. The molecule has 0 aliphatic heterocycles. The molecule has 0 atom stereocenters. The molecule has 3 aromatic heterocycles. The molecule has 11 aromatic rings. The number of furan rings is 2. The highest BCUT2D eigenvalue weighted by molar-refractivity contribution is 7.26. The van der Waals surface area contributed by atoms with Crippen LogP contribution in [-0.2, 0) is 0 Å². The number of para-hydroxylation sites is 2. The van der Waals surface area contributed by atoms with E-state index >= 15 is 0 Å². The standard InChI is InChI=1S/C46H27NO2S/c1-4-13-40-34(9-1)36-24-21-31(26-42(36)48-40)47(32-22-25-37-35-10-2-5-14-41(35)49-43(37)27-32)30-19-16-28(17-20-30)33-12-7-8-29-18-23-39-38-11-3-6-15-44(38)50-46(39)45(29)33/h1-27H. The normalized spacial score (nSPS) is 12.0. The van der Waals surface area contributed by atoms with Crippen LogP contribution in [0.2, 0.25) is 0 Å². The highest BCUT2D eigenvalue weighted by Crippen LogP contribution is 2.44. The van der Waals surface area contributed by atoms with E-state index < -0.39 is 0 Å². The van der Waals surface area contributed by atoms with E-state index in [1.807, 2.05) is 35.6 Å². The Bertz CT molecular complexity index is 2990. The number of rotatable bonds is 4. The number of hydrogen-bond acceptors (Lipinski definition) is 4. The summed E-state index contributed by atoms with van der Waals surface area (Å²) in [7, 11) is 0. The molecular formula is C46H27NO2S. The average molecular weight is 658 g/mol. The number of thiophene rings is 1. The molecule has 0 aliphatic rings. The lowest BCUT2D eigenvalue weighted by atomic mass is 9.96. The van der Waals surface area contributed by atoms with Gasteiger partial charge in [0.05, 0.1) is 0 Å². The lowest BCUT2D eigenvalue weighted by Gasteiger charge is -2.25.